The molecular weight excluding hydrogens is 360 g/mol. The van der Waals surface area contributed by atoms with Gasteiger partial charge in [0, 0.05) is 35.3 Å². The summed E-state index contributed by atoms with van der Waals surface area (Å²) in [6.07, 6.45) is 8.98. The number of nitrogens with one attached hydrogen (secondary N) is 1. The van der Waals surface area contributed by atoms with Crippen LogP contribution in [-0.4, -0.2) is 35.5 Å². The van der Waals surface area contributed by atoms with Crippen LogP contribution in [0.1, 0.15) is 42.5 Å². The van der Waals surface area contributed by atoms with Gasteiger partial charge in [0.25, 0.3) is 0 Å². The van der Waals surface area contributed by atoms with Crippen molar-refractivity contribution in [1.29, 1.82) is 0 Å². The van der Waals surface area contributed by atoms with Crippen molar-refractivity contribution in [2.75, 3.05) is 13.7 Å². The molecule has 2 heterocycles. The van der Waals surface area contributed by atoms with Gasteiger partial charge in [-0.25, -0.2) is 4.79 Å². The van der Waals surface area contributed by atoms with Gasteiger partial charge in [-0.05, 0) is 61.6 Å². The molecule has 4 nitrogen and oxygen atoms in total. The van der Waals surface area contributed by atoms with Gasteiger partial charge in [0.15, 0.2) is 0 Å². The van der Waals surface area contributed by atoms with E-state index >= 15 is 0 Å². The molecule has 0 amide bonds. The van der Waals surface area contributed by atoms with Crippen LogP contribution in [0, 0.1) is 0 Å². The lowest BCUT2D eigenvalue weighted by atomic mass is 10.00. The number of aromatic nitrogens is 1. The predicted octanol–water partition coefficient (Wildman–Crippen LogP) is 5.12. The number of para-hydroxylation sites is 1. The van der Waals surface area contributed by atoms with Crippen LogP contribution in [0.2, 0.25) is 0 Å². The lowest BCUT2D eigenvalue weighted by molar-refractivity contribution is -0.134. The van der Waals surface area contributed by atoms with Crippen LogP contribution in [0.15, 0.2) is 60.8 Å². The molecule has 29 heavy (non-hydrogen) atoms. The third kappa shape index (κ3) is 4.28. The van der Waals surface area contributed by atoms with Gasteiger partial charge in [-0.3, -0.25) is 4.90 Å². The standard InChI is InChI=1S/C25H28N2O2/c1-18(20-12-9-19(10-13-20)11-14-25(28)29-2)27-15-5-6-22(27)16-21-17-26-24-8-4-3-7-23(21)24/h3-4,7-14,17-18,22,26H,5-6,15-16H2,1-2H3/b14-11+/t18-,22+/m0/s1. The van der Waals surface area contributed by atoms with Crippen molar-refractivity contribution in [3.8, 4) is 0 Å². The van der Waals surface area contributed by atoms with Crippen LogP contribution in [-0.2, 0) is 16.0 Å². The van der Waals surface area contributed by atoms with Crippen LogP contribution < -0.4 is 0 Å². The third-order valence-electron chi connectivity index (χ3n) is 6.08. The Bertz CT molecular complexity index is 1000. The minimum Gasteiger partial charge on any atom is -0.466 e. The van der Waals surface area contributed by atoms with Gasteiger partial charge < -0.3 is 9.72 Å². The summed E-state index contributed by atoms with van der Waals surface area (Å²) in [5.74, 6) is -0.334. The Labute approximate surface area is 172 Å². The fourth-order valence-corrected chi connectivity index (χ4v) is 4.45. The van der Waals surface area contributed by atoms with E-state index in [1.807, 2.05) is 0 Å². The Morgan fingerprint density at radius 1 is 1.24 bits per heavy atom. The maximum Gasteiger partial charge on any atom is 0.330 e. The van der Waals surface area contributed by atoms with Crippen molar-refractivity contribution in [2.45, 2.75) is 38.3 Å². The Balaban J connectivity index is 1.47. The Hall–Kier alpha value is -2.85. The second kappa shape index (κ2) is 8.66. The van der Waals surface area contributed by atoms with Gasteiger partial charge in [0.05, 0.1) is 7.11 Å². The van der Waals surface area contributed by atoms with E-state index in [1.54, 1.807) is 6.08 Å². The first-order valence-corrected chi connectivity index (χ1v) is 10.3. The van der Waals surface area contributed by atoms with Gasteiger partial charge in [0.2, 0.25) is 0 Å². The molecular formula is C25H28N2O2. The molecule has 1 aromatic heterocycles. The minimum atomic E-state index is -0.334. The first kappa shape index (κ1) is 19.5. The Kier molecular flexibility index (Phi) is 5.81. The van der Waals surface area contributed by atoms with Crippen molar-refractivity contribution in [1.82, 2.24) is 9.88 Å². The summed E-state index contributed by atoms with van der Waals surface area (Å²) in [6.45, 7) is 3.44. The van der Waals surface area contributed by atoms with Crippen LogP contribution in [0.4, 0.5) is 0 Å². The van der Waals surface area contributed by atoms with Crippen molar-refractivity contribution in [3.63, 3.8) is 0 Å². The predicted molar refractivity (Wildman–Crippen MR) is 118 cm³/mol. The topological polar surface area (TPSA) is 45.3 Å². The maximum atomic E-state index is 11.3. The zero-order valence-electron chi connectivity index (χ0n) is 17.1. The summed E-state index contributed by atoms with van der Waals surface area (Å²) in [5, 5.41) is 1.34. The molecule has 1 aliphatic heterocycles. The third-order valence-corrected chi connectivity index (χ3v) is 6.08. The molecule has 1 saturated heterocycles. The number of carbonyl (C=O) groups is 1. The molecule has 150 valence electrons. The molecule has 0 spiro atoms. The lowest BCUT2D eigenvalue weighted by Crippen LogP contribution is -2.33. The molecule has 3 aromatic rings. The Morgan fingerprint density at radius 2 is 2.03 bits per heavy atom. The number of nitrogens with zero attached hydrogens (tertiary/aromatic N) is 1. The summed E-state index contributed by atoms with van der Waals surface area (Å²) in [4.78, 5) is 17.3. The summed E-state index contributed by atoms with van der Waals surface area (Å²) in [6, 6.07) is 17.9. The highest BCUT2D eigenvalue weighted by Gasteiger charge is 2.29. The minimum absolute atomic E-state index is 0.334. The number of likely N-dealkylation sites (tertiary alicyclic amines) is 1. The number of H-pyrrole nitrogens is 1. The fourth-order valence-electron chi connectivity index (χ4n) is 4.45. The second-order valence-corrected chi connectivity index (χ2v) is 7.80. The van der Waals surface area contributed by atoms with E-state index in [2.05, 4.69) is 76.3 Å². The molecule has 1 N–H and O–H groups in total. The zero-order valence-corrected chi connectivity index (χ0v) is 17.1. The highest BCUT2D eigenvalue weighted by Crippen LogP contribution is 2.32. The molecule has 1 fully saturated rings. The SMILES string of the molecule is COC(=O)/C=C/c1ccc([C@H](C)N2CCC[C@@H]2Cc2c[nH]c3ccccc23)cc1. The highest BCUT2D eigenvalue weighted by molar-refractivity contribution is 5.86. The van der Waals surface area contributed by atoms with E-state index in [0.29, 0.717) is 12.1 Å². The molecule has 1 aliphatic rings. The average Bonchev–Trinajstić information content (AvgIpc) is 3.39. The Morgan fingerprint density at radius 3 is 2.83 bits per heavy atom. The first-order chi connectivity index (χ1) is 14.2. The van der Waals surface area contributed by atoms with Crippen molar-refractivity contribution < 1.29 is 9.53 Å². The monoisotopic (exact) mass is 388 g/mol. The van der Waals surface area contributed by atoms with Crippen molar-refractivity contribution >= 4 is 22.9 Å². The molecule has 0 bridgehead atoms. The number of hydrogen-bond donors (Lipinski definition) is 1. The summed E-state index contributed by atoms with van der Waals surface area (Å²) in [7, 11) is 1.39. The largest absolute Gasteiger partial charge is 0.466 e. The van der Waals surface area contributed by atoms with Gasteiger partial charge in [-0.1, -0.05) is 42.5 Å². The number of aromatic amines is 1. The molecule has 2 atom stereocenters. The normalized spacial score (nSPS) is 18.5. The van der Waals surface area contributed by atoms with E-state index in [4.69, 9.17) is 0 Å². The second-order valence-electron chi connectivity index (χ2n) is 7.80. The van der Waals surface area contributed by atoms with Gasteiger partial charge in [-0.2, -0.15) is 0 Å². The van der Waals surface area contributed by atoms with Crippen LogP contribution in [0.3, 0.4) is 0 Å². The fraction of sp³-hybridized carbons (Fsp3) is 0.320. The first-order valence-electron chi connectivity index (χ1n) is 10.3. The van der Waals surface area contributed by atoms with E-state index in [-0.39, 0.29) is 5.97 Å². The molecule has 0 aliphatic carbocycles. The highest BCUT2D eigenvalue weighted by atomic mass is 16.5. The molecule has 2 aromatic carbocycles. The van der Waals surface area contributed by atoms with E-state index in [0.717, 1.165) is 18.5 Å². The number of carbonyl (C=O) groups excluding carboxylic acids is 1. The molecule has 4 rings (SSSR count). The molecule has 4 heteroatoms. The summed E-state index contributed by atoms with van der Waals surface area (Å²) in [5.41, 5.74) is 4.94. The smallest absolute Gasteiger partial charge is 0.330 e. The van der Waals surface area contributed by atoms with E-state index in [1.165, 1.54) is 48.1 Å². The molecule has 0 radical (unpaired) electrons. The number of ether oxygens (including phenoxy) is 1. The maximum absolute atomic E-state index is 11.3. The number of fused-ring (bicyclic) bond motifs is 1. The van der Waals surface area contributed by atoms with Gasteiger partial charge in [0.1, 0.15) is 0 Å². The number of esters is 1. The van der Waals surface area contributed by atoms with Crippen LogP contribution >= 0.6 is 0 Å². The number of rotatable bonds is 6. The van der Waals surface area contributed by atoms with Crippen molar-refractivity contribution in [3.05, 3.63) is 77.5 Å². The van der Waals surface area contributed by atoms with Crippen molar-refractivity contribution in [2.24, 2.45) is 0 Å². The quantitative estimate of drug-likeness (QED) is 0.471. The van der Waals surface area contributed by atoms with E-state index in [9.17, 15) is 4.79 Å². The lowest BCUT2D eigenvalue weighted by Gasteiger charge is -2.31. The summed E-state index contributed by atoms with van der Waals surface area (Å²) >= 11 is 0. The zero-order chi connectivity index (χ0) is 20.2. The van der Waals surface area contributed by atoms with E-state index < -0.39 is 0 Å². The molecule has 0 saturated carbocycles. The molecule has 0 unspecified atom stereocenters. The van der Waals surface area contributed by atoms with Crippen LogP contribution in [0.5, 0.6) is 0 Å². The average molecular weight is 389 g/mol. The van der Waals surface area contributed by atoms with Gasteiger partial charge >= 0.3 is 5.97 Å². The number of benzene rings is 2. The number of hydrogen-bond acceptors (Lipinski definition) is 3. The van der Waals surface area contributed by atoms with Crippen LogP contribution in [0.25, 0.3) is 17.0 Å². The van der Waals surface area contributed by atoms with Gasteiger partial charge in [-0.15, -0.1) is 0 Å². The number of methoxy groups -OCH3 is 1. The summed E-state index contributed by atoms with van der Waals surface area (Å²) < 4.78 is 4.65.